The molecule has 0 bridgehead atoms. The summed E-state index contributed by atoms with van der Waals surface area (Å²) in [6.45, 7) is 36.8. The molecular formula is C69H113BrO4. The van der Waals surface area contributed by atoms with E-state index >= 15 is 0 Å². The minimum absolute atomic E-state index is 0.164. The topological polar surface area (TPSA) is 80.9 Å². The van der Waals surface area contributed by atoms with Gasteiger partial charge in [0, 0.05) is 5.33 Å². The van der Waals surface area contributed by atoms with Gasteiger partial charge in [0.25, 0.3) is 0 Å². The van der Waals surface area contributed by atoms with Crippen LogP contribution in [-0.2, 0) is 0 Å². The molecule has 0 heterocycles. The summed E-state index contributed by atoms with van der Waals surface area (Å²) < 4.78 is 0. The highest BCUT2D eigenvalue weighted by Gasteiger charge is 2.62. The zero-order valence-electron chi connectivity index (χ0n) is 49.3. The fourth-order valence-electron chi connectivity index (χ4n) is 24.6. The van der Waals surface area contributed by atoms with Gasteiger partial charge in [-0.05, 0) is 328 Å². The molecule has 27 atom stereocenters. The molecule has 4 N–H and O–H groups in total. The highest BCUT2D eigenvalue weighted by molar-refractivity contribution is 9.09. The van der Waals surface area contributed by atoms with E-state index in [2.05, 4.69) is 105 Å². The highest BCUT2D eigenvalue weighted by Crippen LogP contribution is 2.70. The first kappa shape index (κ1) is 56.8. The quantitative estimate of drug-likeness (QED) is 0.163. The maximum Gasteiger partial charge on any atom is 0.0642 e. The van der Waals surface area contributed by atoms with Crippen LogP contribution in [0.4, 0.5) is 0 Å². The summed E-state index contributed by atoms with van der Waals surface area (Å²) in [7, 11) is 0. The second-order valence-corrected chi connectivity index (χ2v) is 32.7. The Bertz CT molecular complexity index is 1960. The number of fused-ring (bicyclic) bond motifs is 15. The fraction of sp³-hybridized carbons (Fsp3) is 0.913. The number of halogens is 1. The lowest BCUT2D eigenvalue weighted by atomic mass is 9.47. The molecule has 12 rings (SSSR count). The third-order valence-electron chi connectivity index (χ3n) is 27.9. The van der Waals surface area contributed by atoms with Crippen LogP contribution in [0, 0.1) is 141 Å². The molecule has 12 fully saturated rings. The number of hydrogen-bond acceptors (Lipinski definition) is 4. The van der Waals surface area contributed by atoms with Crippen LogP contribution < -0.4 is 0 Å². The molecule has 0 saturated heterocycles. The summed E-state index contributed by atoms with van der Waals surface area (Å²) in [5.74, 6) is 17.5. The van der Waals surface area contributed by atoms with Crippen LogP contribution >= 0.6 is 15.9 Å². The van der Waals surface area contributed by atoms with Gasteiger partial charge in [-0.15, -0.1) is 0 Å². The lowest BCUT2D eigenvalue weighted by molar-refractivity contribution is -0.117. The third-order valence-corrected chi connectivity index (χ3v) is 28.7. The van der Waals surface area contributed by atoms with Gasteiger partial charge in [0.1, 0.15) is 0 Å². The van der Waals surface area contributed by atoms with Crippen LogP contribution in [0.1, 0.15) is 223 Å². The van der Waals surface area contributed by atoms with Crippen molar-refractivity contribution in [2.75, 3.05) is 11.9 Å². The van der Waals surface area contributed by atoms with Crippen molar-refractivity contribution in [3.63, 3.8) is 0 Å². The van der Waals surface area contributed by atoms with Crippen molar-refractivity contribution in [1.82, 2.24) is 0 Å². The lowest BCUT2D eigenvalue weighted by Gasteiger charge is -2.59. The summed E-state index contributed by atoms with van der Waals surface area (Å²) in [4.78, 5) is 0. The largest absolute Gasteiger partial charge is 0.392 e. The Morgan fingerprint density at radius 3 is 1.00 bits per heavy atom. The number of hydrogen-bond donors (Lipinski definition) is 4. The van der Waals surface area contributed by atoms with Crippen LogP contribution in [0.25, 0.3) is 0 Å². The predicted molar refractivity (Wildman–Crippen MR) is 311 cm³/mol. The van der Waals surface area contributed by atoms with Gasteiger partial charge in [-0.1, -0.05) is 88.4 Å². The van der Waals surface area contributed by atoms with Crippen molar-refractivity contribution in [2.45, 2.75) is 240 Å². The van der Waals surface area contributed by atoms with Crippen LogP contribution in [0.3, 0.4) is 0 Å². The number of rotatable bonds is 5. The molecule has 0 aromatic carbocycles. The smallest absolute Gasteiger partial charge is 0.0642 e. The number of allylic oxidation sites excluding steroid dienone is 2. The van der Waals surface area contributed by atoms with Crippen molar-refractivity contribution in [2.24, 2.45) is 141 Å². The molecule has 12 aliphatic carbocycles. The summed E-state index contributed by atoms with van der Waals surface area (Å²) in [6.07, 6.45) is 30.7. The summed E-state index contributed by atoms with van der Waals surface area (Å²) in [6, 6.07) is 0. The van der Waals surface area contributed by atoms with Crippen LogP contribution in [0.5, 0.6) is 0 Å². The maximum absolute atomic E-state index is 10.6. The van der Waals surface area contributed by atoms with Crippen molar-refractivity contribution in [3.8, 4) is 0 Å². The molecule has 0 amide bonds. The first-order chi connectivity index (χ1) is 34.8. The highest BCUT2D eigenvalue weighted by atomic mass is 79.9. The first-order valence-corrected chi connectivity index (χ1v) is 33.2. The summed E-state index contributed by atoms with van der Waals surface area (Å²) >= 11 is 3.68. The molecule has 0 unspecified atom stereocenters. The molecule has 4 nitrogen and oxygen atoms in total. The Labute approximate surface area is 462 Å². The third kappa shape index (κ3) is 9.91. The molecule has 12 saturated carbocycles. The van der Waals surface area contributed by atoms with Crippen molar-refractivity contribution < 1.29 is 20.4 Å². The van der Waals surface area contributed by atoms with E-state index in [-0.39, 0.29) is 6.61 Å². The maximum atomic E-state index is 10.6. The van der Waals surface area contributed by atoms with E-state index in [4.69, 9.17) is 0 Å². The van der Waals surface area contributed by atoms with E-state index in [0.717, 1.165) is 168 Å². The molecule has 0 aromatic rings. The normalized spacial score (nSPS) is 55.7. The van der Waals surface area contributed by atoms with Gasteiger partial charge in [-0.2, -0.15) is 0 Å². The van der Waals surface area contributed by atoms with Crippen LogP contribution in [-0.4, -0.2) is 49.2 Å². The van der Waals surface area contributed by atoms with Gasteiger partial charge in [-0.3, -0.25) is 0 Å². The molecule has 0 spiro atoms. The Hall–Kier alpha value is -0.460. The second-order valence-electron chi connectivity index (χ2n) is 32.1. The Morgan fingerprint density at radius 2 is 0.689 bits per heavy atom. The second kappa shape index (κ2) is 20.8. The van der Waals surface area contributed by atoms with E-state index in [0.29, 0.717) is 22.2 Å². The van der Waals surface area contributed by atoms with E-state index < -0.39 is 16.8 Å². The van der Waals surface area contributed by atoms with Gasteiger partial charge >= 0.3 is 0 Å². The molecule has 420 valence electrons. The van der Waals surface area contributed by atoms with Crippen LogP contribution in [0.15, 0.2) is 36.5 Å². The summed E-state index contributed by atoms with van der Waals surface area (Å²) in [5, 5.41) is 42.5. The van der Waals surface area contributed by atoms with Gasteiger partial charge in [0.15, 0.2) is 0 Å². The number of alkyl halides is 1. The fourth-order valence-corrected chi connectivity index (χ4v) is 24.9. The molecule has 0 aliphatic heterocycles. The van der Waals surface area contributed by atoms with E-state index in [1.807, 2.05) is 0 Å². The average molecular weight is 1090 g/mol. The summed E-state index contributed by atoms with van der Waals surface area (Å²) in [5.41, 5.74) is 4.13. The van der Waals surface area contributed by atoms with Crippen molar-refractivity contribution in [3.05, 3.63) is 36.5 Å². The lowest BCUT2D eigenvalue weighted by Crippen LogP contribution is -2.52. The van der Waals surface area contributed by atoms with Crippen molar-refractivity contribution >= 4 is 15.9 Å². The Morgan fingerprint density at radius 1 is 0.405 bits per heavy atom. The van der Waals surface area contributed by atoms with E-state index in [9.17, 15) is 20.4 Å². The standard InChI is InChI=1S/C23H37BrO.C23H38O2.C23H38O/c2*1-14-11-18-16(17-7-9-22(3,25)12-19(14)17)8-10-23(4)20(15(2)13-24)5-6-21(18)23;1-14(2)20-6-7-21-18-12-15(3)19-13-22(4,24)10-8-17(19)16(18)9-11-23(20,21)5/h14,16-21,25H,2,5-13H2,1,3-4H3;14,16-21,24-25H,2,5-13H2,1,3-4H3;15-21,24H,1,6-13H2,2-5H3/t2*14-,16-,17-,18-,19-,20-,21+,22+,23-;15-,16-,17-,18-,19-,20-,21+,22+,23-/m111/s1. The predicted octanol–water partition coefficient (Wildman–Crippen LogP) is 16.8. The molecule has 0 radical (unpaired) electrons. The van der Waals surface area contributed by atoms with Gasteiger partial charge in [0.05, 0.1) is 23.4 Å². The Balaban J connectivity index is 0.000000127. The average Bonchev–Trinajstić information content (AvgIpc) is 4.01. The zero-order valence-corrected chi connectivity index (χ0v) is 50.9. The van der Waals surface area contributed by atoms with Crippen molar-refractivity contribution in [1.29, 1.82) is 0 Å². The van der Waals surface area contributed by atoms with Crippen LogP contribution in [0.2, 0.25) is 0 Å². The number of aliphatic hydroxyl groups is 4. The van der Waals surface area contributed by atoms with Gasteiger partial charge in [-0.25, -0.2) is 0 Å². The Kier molecular flexibility index (Phi) is 16.0. The monoisotopic (exact) mass is 1080 g/mol. The minimum Gasteiger partial charge on any atom is -0.392 e. The van der Waals surface area contributed by atoms with E-state index in [1.165, 1.54) is 127 Å². The molecular weight excluding hydrogens is 973 g/mol. The first-order valence-electron chi connectivity index (χ1n) is 32.1. The molecule has 0 aromatic heterocycles. The van der Waals surface area contributed by atoms with E-state index in [1.54, 1.807) is 0 Å². The molecule has 12 aliphatic rings. The van der Waals surface area contributed by atoms with Gasteiger partial charge in [0.2, 0.25) is 0 Å². The number of aliphatic hydroxyl groups excluding tert-OH is 1. The van der Waals surface area contributed by atoms with Gasteiger partial charge < -0.3 is 20.4 Å². The minimum atomic E-state index is -0.428. The SMILES string of the molecule is C=C(C)[C@H]1CC[C@H]2[C@@H]3C[C@@H](C)[C@H]4C[C@@](C)(O)CC[C@@H]4[C@H]3CC[C@]12C.C=C(CBr)[C@H]1CC[C@H]2[C@@H]3C[C@@H](C)[C@H]4C[C@@](C)(O)CC[C@@H]4[C@H]3CC[C@]12C.C=C(CO)[C@H]1CC[C@H]2[C@@H]3C[C@@H](C)[C@H]4C[C@@](C)(O)CC[C@@H]4[C@H]3CC[C@]12C. The zero-order chi connectivity index (χ0) is 53.2. The molecule has 5 heteroatoms. The molecule has 74 heavy (non-hydrogen) atoms.